The number of hydrogen-bond acceptors (Lipinski definition) is 6. The van der Waals surface area contributed by atoms with Gasteiger partial charge in [-0.2, -0.15) is 0 Å². The van der Waals surface area contributed by atoms with Crippen molar-refractivity contribution < 1.29 is 27.9 Å². The molecule has 7 heteroatoms. The van der Waals surface area contributed by atoms with Crippen molar-refractivity contribution in [3.8, 4) is 0 Å². The summed E-state index contributed by atoms with van der Waals surface area (Å²) in [4.78, 5) is 11.5. The lowest BCUT2D eigenvalue weighted by Gasteiger charge is -2.21. The number of aliphatic hydroxyl groups is 1. The molecule has 1 unspecified atom stereocenters. The fourth-order valence-corrected chi connectivity index (χ4v) is 2.55. The lowest BCUT2D eigenvalue weighted by molar-refractivity contribution is -0.163. The number of carbonyl (C=O) groups is 1. The summed E-state index contributed by atoms with van der Waals surface area (Å²) in [6, 6.07) is 0. The highest BCUT2D eigenvalue weighted by atomic mass is 28.4. The van der Waals surface area contributed by atoms with E-state index >= 15 is 0 Å². The van der Waals surface area contributed by atoms with Crippen molar-refractivity contribution in [3.05, 3.63) is 11.3 Å². The van der Waals surface area contributed by atoms with Crippen LogP contribution in [0.25, 0.3) is 0 Å². The monoisotopic (exact) mass is 264 g/mol. The van der Waals surface area contributed by atoms with E-state index in [9.17, 15) is 9.90 Å². The molecule has 0 fully saturated rings. The molecule has 0 aliphatic heterocycles. The van der Waals surface area contributed by atoms with Crippen molar-refractivity contribution in [3.63, 3.8) is 0 Å². The Morgan fingerprint density at radius 1 is 1.29 bits per heavy atom. The molecule has 0 bridgehead atoms. The molecular formula is C10H20O6Si. The van der Waals surface area contributed by atoms with Gasteiger partial charge >= 0.3 is 14.8 Å². The molecule has 0 rings (SSSR count). The molecule has 0 aliphatic carbocycles. The highest BCUT2D eigenvalue weighted by Gasteiger charge is 2.36. The molecule has 0 aliphatic rings. The second-order valence-corrected chi connectivity index (χ2v) is 6.03. The molecule has 0 aromatic carbocycles. The molecule has 0 saturated heterocycles. The Hall–Kier alpha value is -0.733. The molecule has 0 aromatic rings. The summed E-state index contributed by atoms with van der Waals surface area (Å²) < 4.78 is 20.2. The van der Waals surface area contributed by atoms with E-state index in [0.717, 1.165) is 0 Å². The van der Waals surface area contributed by atoms with E-state index in [1.54, 1.807) is 13.8 Å². The molecule has 100 valence electrons. The third kappa shape index (κ3) is 4.96. The van der Waals surface area contributed by atoms with Crippen LogP contribution >= 0.6 is 0 Å². The lowest BCUT2D eigenvalue weighted by Crippen LogP contribution is -2.41. The Kier molecular flexibility index (Phi) is 7.24. The summed E-state index contributed by atoms with van der Waals surface area (Å²) in [5, 5.41) is 9.19. The maximum Gasteiger partial charge on any atom is 0.529 e. The summed E-state index contributed by atoms with van der Waals surface area (Å²) in [7, 11) is 1.37. The molecule has 0 spiro atoms. The molecule has 0 saturated carbocycles. The zero-order valence-corrected chi connectivity index (χ0v) is 11.9. The average molecular weight is 264 g/mol. The van der Waals surface area contributed by atoms with Gasteiger partial charge in [-0.15, -0.1) is 0 Å². The highest BCUT2D eigenvalue weighted by molar-refractivity contribution is 6.66. The van der Waals surface area contributed by atoms with E-state index in [4.69, 9.17) is 18.0 Å². The topological polar surface area (TPSA) is 74.2 Å². The SMILES string of the molecule is CCC(O)OC(=O)C(C)=C[Si](OC)(OC)OC. The van der Waals surface area contributed by atoms with Gasteiger partial charge in [0.25, 0.3) is 0 Å². The van der Waals surface area contributed by atoms with Gasteiger partial charge in [-0.05, 0) is 12.6 Å². The first-order valence-electron chi connectivity index (χ1n) is 5.18. The summed E-state index contributed by atoms with van der Waals surface area (Å²) >= 11 is 0. The van der Waals surface area contributed by atoms with Crippen molar-refractivity contribution in [1.29, 1.82) is 0 Å². The minimum atomic E-state index is -2.95. The quantitative estimate of drug-likeness (QED) is 0.314. The van der Waals surface area contributed by atoms with Crippen molar-refractivity contribution in [2.24, 2.45) is 0 Å². The predicted octanol–water partition coefficient (Wildman–Crippen LogP) is 0.622. The van der Waals surface area contributed by atoms with E-state index in [2.05, 4.69) is 0 Å². The van der Waals surface area contributed by atoms with E-state index in [-0.39, 0.29) is 5.57 Å². The highest BCUT2D eigenvalue weighted by Crippen LogP contribution is 2.12. The maximum atomic E-state index is 11.5. The molecule has 6 nitrogen and oxygen atoms in total. The molecule has 1 atom stereocenters. The third-order valence-corrected chi connectivity index (χ3v) is 4.65. The minimum absolute atomic E-state index is 0.273. The Morgan fingerprint density at radius 2 is 1.76 bits per heavy atom. The Labute approximate surface area is 102 Å². The summed E-state index contributed by atoms with van der Waals surface area (Å²) in [5.41, 5.74) is 1.74. The Balaban J connectivity index is 4.76. The van der Waals surface area contributed by atoms with Crippen LogP contribution < -0.4 is 0 Å². The smallest absolute Gasteiger partial charge is 0.433 e. The summed E-state index contributed by atoms with van der Waals surface area (Å²) in [6.45, 7) is 3.25. The van der Waals surface area contributed by atoms with Gasteiger partial charge in [-0.1, -0.05) is 6.92 Å². The van der Waals surface area contributed by atoms with Gasteiger partial charge < -0.3 is 23.1 Å². The van der Waals surface area contributed by atoms with Crippen molar-refractivity contribution in [2.45, 2.75) is 26.6 Å². The minimum Gasteiger partial charge on any atom is -0.433 e. The number of aliphatic hydroxyl groups excluding tert-OH is 1. The largest absolute Gasteiger partial charge is 0.529 e. The maximum absolute atomic E-state index is 11.5. The van der Waals surface area contributed by atoms with Crippen LogP contribution in [0.15, 0.2) is 11.3 Å². The van der Waals surface area contributed by atoms with Crippen LogP contribution in [-0.4, -0.2) is 47.5 Å². The van der Waals surface area contributed by atoms with Gasteiger partial charge in [-0.3, -0.25) is 0 Å². The van der Waals surface area contributed by atoms with E-state index in [0.29, 0.717) is 6.42 Å². The van der Waals surface area contributed by atoms with Crippen LogP contribution in [0, 0.1) is 0 Å². The van der Waals surface area contributed by atoms with Gasteiger partial charge in [0.15, 0.2) is 0 Å². The zero-order chi connectivity index (χ0) is 13.5. The first kappa shape index (κ1) is 16.3. The zero-order valence-electron chi connectivity index (χ0n) is 10.9. The van der Waals surface area contributed by atoms with Crippen molar-refractivity contribution in [2.75, 3.05) is 21.3 Å². The van der Waals surface area contributed by atoms with Crippen LogP contribution in [0.5, 0.6) is 0 Å². The second kappa shape index (κ2) is 7.57. The summed E-state index contributed by atoms with van der Waals surface area (Å²) in [6.07, 6.45) is -0.769. The van der Waals surface area contributed by atoms with Crippen LogP contribution in [0.1, 0.15) is 20.3 Å². The van der Waals surface area contributed by atoms with Crippen LogP contribution in [0.4, 0.5) is 0 Å². The normalized spacial score (nSPS) is 14.6. The standard InChI is InChI=1S/C10H20O6Si/c1-6-9(11)16-10(12)8(2)7-17(13-3,14-4)15-5/h7,9,11H,6H2,1-5H3. The Bertz CT molecular complexity index is 266. The number of esters is 1. The first-order chi connectivity index (χ1) is 7.94. The predicted molar refractivity (Wildman–Crippen MR) is 62.9 cm³/mol. The number of rotatable bonds is 7. The van der Waals surface area contributed by atoms with E-state index in [1.807, 2.05) is 0 Å². The van der Waals surface area contributed by atoms with Gasteiger partial charge in [0, 0.05) is 33.3 Å². The lowest BCUT2D eigenvalue weighted by atomic mass is 10.3. The number of ether oxygens (including phenoxy) is 1. The third-order valence-electron chi connectivity index (χ3n) is 2.16. The van der Waals surface area contributed by atoms with Gasteiger partial charge in [0.1, 0.15) is 0 Å². The van der Waals surface area contributed by atoms with Gasteiger partial charge in [0.05, 0.1) is 0 Å². The molecule has 17 heavy (non-hydrogen) atoms. The number of hydrogen-bond donors (Lipinski definition) is 1. The van der Waals surface area contributed by atoms with Gasteiger partial charge in [-0.25, -0.2) is 4.79 Å². The van der Waals surface area contributed by atoms with Crippen molar-refractivity contribution in [1.82, 2.24) is 0 Å². The van der Waals surface area contributed by atoms with Gasteiger partial charge in [0.2, 0.25) is 6.29 Å². The molecule has 0 aromatic heterocycles. The van der Waals surface area contributed by atoms with Crippen molar-refractivity contribution >= 4 is 14.8 Å². The molecule has 0 heterocycles. The summed E-state index contributed by atoms with van der Waals surface area (Å²) in [5.74, 6) is -0.623. The van der Waals surface area contributed by atoms with E-state index < -0.39 is 21.1 Å². The molecular weight excluding hydrogens is 244 g/mol. The second-order valence-electron chi connectivity index (χ2n) is 3.31. The number of carbonyl (C=O) groups excluding carboxylic acids is 1. The van der Waals surface area contributed by atoms with Crippen LogP contribution in [0.3, 0.4) is 0 Å². The Morgan fingerprint density at radius 3 is 2.12 bits per heavy atom. The fourth-order valence-electron chi connectivity index (χ4n) is 1.05. The van der Waals surface area contributed by atoms with Crippen LogP contribution in [0.2, 0.25) is 0 Å². The van der Waals surface area contributed by atoms with Crippen LogP contribution in [-0.2, 0) is 22.8 Å². The molecule has 0 amide bonds. The molecule has 1 N–H and O–H groups in total. The molecule has 0 radical (unpaired) electrons. The fraction of sp³-hybridized carbons (Fsp3) is 0.700. The average Bonchev–Trinajstić information content (AvgIpc) is 2.35. The van der Waals surface area contributed by atoms with E-state index in [1.165, 1.54) is 27.0 Å². The first-order valence-corrected chi connectivity index (χ1v) is 6.98.